The molecule has 3 atom stereocenters. The van der Waals surface area contributed by atoms with Gasteiger partial charge in [-0.15, -0.1) is 0 Å². The molecule has 1 aromatic carbocycles. The molecule has 1 saturated carbocycles. The van der Waals surface area contributed by atoms with Gasteiger partial charge in [-0.25, -0.2) is 4.39 Å². The van der Waals surface area contributed by atoms with Crippen LogP contribution in [0.2, 0.25) is 5.02 Å². The largest absolute Gasteiger partial charge is 0.317 e. The molecule has 1 aliphatic rings. The van der Waals surface area contributed by atoms with E-state index in [0.717, 1.165) is 17.9 Å². The standard InChI is InChI=1S/C15H21ClFN/c1-10-6-7-14(18-2)12(8-10)9-11-4-3-5-13(17)15(11)16/h3-5,10,12,14,18H,6-9H2,1-2H3. The van der Waals surface area contributed by atoms with E-state index in [4.69, 9.17) is 11.6 Å². The van der Waals surface area contributed by atoms with Gasteiger partial charge in [0.05, 0.1) is 5.02 Å². The van der Waals surface area contributed by atoms with E-state index >= 15 is 0 Å². The number of hydrogen-bond acceptors (Lipinski definition) is 1. The fourth-order valence-corrected chi connectivity index (χ4v) is 3.30. The van der Waals surface area contributed by atoms with Gasteiger partial charge in [-0.1, -0.05) is 30.7 Å². The molecule has 0 aromatic heterocycles. The van der Waals surface area contributed by atoms with Crippen LogP contribution in [-0.4, -0.2) is 13.1 Å². The molecule has 0 aliphatic heterocycles. The molecule has 1 aromatic rings. The van der Waals surface area contributed by atoms with Crippen molar-refractivity contribution < 1.29 is 4.39 Å². The number of benzene rings is 1. The minimum absolute atomic E-state index is 0.297. The average molecular weight is 270 g/mol. The second-order valence-electron chi connectivity index (χ2n) is 5.49. The Hall–Kier alpha value is -0.600. The molecule has 100 valence electrons. The van der Waals surface area contributed by atoms with Crippen molar-refractivity contribution >= 4 is 11.6 Å². The van der Waals surface area contributed by atoms with Gasteiger partial charge in [0.1, 0.15) is 5.82 Å². The van der Waals surface area contributed by atoms with Gasteiger partial charge in [0.2, 0.25) is 0 Å². The Morgan fingerprint density at radius 3 is 2.89 bits per heavy atom. The highest BCUT2D eigenvalue weighted by molar-refractivity contribution is 6.31. The van der Waals surface area contributed by atoms with Crippen molar-refractivity contribution in [3.8, 4) is 0 Å². The summed E-state index contributed by atoms with van der Waals surface area (Å²) in [4.78, 5) is 0. The molecule has 1 nitrogen and oxygen atoms in total. The van der Waals surface area contributed by atoms with Gasteiger partial charge in [-0.3, -0.25) is 0 Å². The first-order valence-electron chi connectivity index (χ1n) is 6.72. The highest BCUT2D eigenvalue weighted by Gasteiger charge is 2.28. The second-order valence-corrected chi connectivity index (χ2v) is 5.87. The molecule has 0 saturated heterocycles. The predicted molar refractivity (Wildman–Crippen MR) is 74.5 cm³/mol. The van der Waals surface area contributed by atoms with Crippen LogP contribution in [0.1, 0.15) is 31.7 Å². The van der Waals surface area contributed by atoms with E-state index in [2.05, 4.69) is 12.2 Å². The predicted octanol–water partition coefficient (Wildman–Crippen LogP) is 4.05. The van der Waals surface area contributed by atoms with Crippen molar-refractivity contribution in [1.29, 1.82) is 0 Å². The fourth-order valence-electron chi connectivity index (χ4n) is 3.09. The van der Waals surface area contributed by atoms with Crippen molar-refractivity contribution in [3.05, 3.63) is 34.6 Å². The average Bonchev–Trinajstić information content (AvgIpc) is 2.35. The van der Waals surface area contributed by atoms with Gasteiger partial charge in [0, 0.05) is 6.04 Å². The maximum atomic E-state index is 13.4. The highest BCUT2D eigenvalue weighted by atomic mass is 35.5. The van der Waals surface area contributed by atoms with E-state index in [1.54, 1.807) is 6.07 Å². The summed E-state index contributed by atoms with van der Waals surface area (Å²) in [6, 6.07) is 5.64. The van der Waals surface area contributed by atoms with Crippen LogP contribution in [0.4, 0.5) is 4.39 Å². The summed E-state index contributed by atoms with van der Waals surface area (Å²) < 4.78 is 13.4. The molecule has 0 radical (unpaired) electrons. The van der Waals surface area contributed by atoms with Crippen LogP contribution in [0.5, 0.6) is 0 Å². The van der Waals surface area contributed by atoms with Crippen LogP contribution < -0.4 is 5.32 Å². The van der Waals surface area contributed by atoms with Gasteiger partial charge in [0.25, 0.3) is 0 Å². The lowest BCUT2D eigenvalue weighted by Crippen LogP contribution is -2.39. The summed E-state index contributed by atoms with van der Waals surface area (Å²) in [6.45, 7) is 2.30. The number of hydrogen-bond donors (Lipinski definition) is 1. The summed E-state index contributed by atoms with van der Waals surface area (Å²) in [6.07, 6.45) is 4.54. The normalized spacial score (nSPS) is 28.3. The number of rotatable bonds is 3. The second kappa shape index (κ2) is 6.03. The molecule has 18 heavy (non-hydrogen) atoms. The maximum Gasteiger partial charge on any atom is 0.142 e. The molecule has 1 N–H and O–H groups in total. The van der Waals surface area contributed by atoms with Gasteiger partial charge >= 0.3 is 0 Å². The maximum absolute atomic E-state index is 13.4. The lowest BCUT2D eigenvalue weighted by molar-refractivity contribution is 0.220. The Balaban J connectivity index is 2.13. The first-order valence-corrected chi connectivity index (χ1v) is 7.09. The monoisotopic (exact) mass is 269 g/mol. The van der Waals surface area contributed by atoms with Crippen molar-refractivity contribution in [1.82, 2.24) is 5.32 Å². The summed E-state index contributed by atoms with van der Waals surface area (Å²) in [7, 11) is 2.01. The van der Waals surface area contributed by atoms with Gasteiger partial charge in [-0.2, -0.15) is 0 Å². The first-order chi connectivity index (χ1) is 8.61. The molecule has 2 rings (SSSR count). The Bertz CT molecular complexity index is 407. The molecule has 3 heteroatoms. The summed E-state index contributed by atoms with van der Waals surface area (Å²) in [5.41, 5.74) is 0.941. The lowest BCUT2D eigenvalue weighted by atomic mass is 9.76. The summed E-state index contributed by atoms with van der Waals surface area (Å²) >= 11 is 6.04. The summed E-state index contributed by atoms with van der Waals surface area (Å²) in [5.74, 6) is 1.00. The molecule has 1 aliphatic carbocycles. The molecular formula is C15H21ClFN. The number of halogens is 2. The van der Waals surface area contributed by atoms with Crippen molar-refractivity contribution in [2.24, 2.45) is 11.8 Å². The zero-order valence-electron chi connectivity index (χ0n) is 11.0. The highest BCUT2D eigenvalue weighted by Crippen LogP contribution is 2.33. The first kappa shape index (κ1) is 13.8. The van der Waals surface area contributed by atoms with Crippen LogP contribution >= 0.6 is 11.6 Å². The Morgan fingerprint density at radius 1 is 1.39 bits per heavy atom. The molecule has 0 heterocycles. The SMILES string of the molecule is CNC1CCC(C)CC1Cc1cccc(F)c1Cl. The van der Waals surface area contributed by atoms with Crippen LogP contribution in [0.15, 0.2) is 18.2 Å². The molecule has 0 bridgehead atoms. The van der Waals surface area contributed by atoms with Crippen molar-refractivity contribution in [2.75, 3.05) is 7.05 Å². The van der Waals surface area contributed by atoms with E-state index in [0.29, 0.717) is 17.0 Å². The Kier molecular flexibility index (Phi) is 4.63. The minimum Gasteiger partial charge on any atom is -0.317 e. The van der Waals surface area contributed by atoms with E-state index < -0.39 is 0 Å². The third kappa shape index (κ3) is 3.04. The molecule has 3 unspecified atom stereocenters. The smallest absolute Gasteiger partial charge is 0.142 e. The minimum atomic E-state index is -0.306. The third-order valence-electron chi connectivity index (χ3n) is 4.13. The quantitative estimate of drug-likeness (QED) is 0.873. The van der Waals surface area contributed by atoms with Crippen molar-refractivity contribution in [2.45, 2.75) is 38.6 Å². The van der Waals surface area contributed by atoms with E-state index in [-0.39, 0.29) is 5.82 Å². The van der Waals surface area contributed by atoms with Crippen LogP contribution in [-0.2, 0) is 6.42 Å². The van der Waals surface area contributed by atoms with Gasteiger partial charge in [0.15, 0.2) is 0 Å². The Labute approximate surface area is 114 Å². The van der Waals surface area contributed by atoms with Crippen LogP contribution in [0.3, 0.4) is 0 Å². The topological polar surface area (TPSA) is 12.0 Å². The van der Waals surface area contributed by atoms with Crippen LogP contribution in [0.25, 0.3) is 0 Å². The zero-order chi connectivity index (χ0) is 13.1. The third-order valence-corrected chi connectivity index (χ3v) is 4.55. The van der Waals surface area contributed by atoms with Crippen LogP contribution in [0, 0.1) is 17.7 Å². The Morgan fingerprint density at radius 2 is 2.17 bits per heavy atom. The zero-order valence-corrected chi connectivity index (χ0v) is 11.8. The fraction of sp³-hybridized carbons (Fsp3) is 0.600. The van der Waals surface area contributed by atoms with E-state index in [1.165, 1.54) is 25.3 Å². The number of nitrogens with one attached hydrogen (secondary N) is 1. The molecule has 1 fully saturated rings. The van der Waals surface area contributed by atoms with E-state index in [1.807, 2.05) is 13.1 Å². The van der Waals surface area contributed by atoms with E-state index in [9.17, 15) is 4.39 Å². The summed E-state index contributed by atoms with van der Waals surface area (Å²) in [5, 5.41) is 3.69. The molecule has 0 spiro atoms. The van der Waals surface area contributed by atoms with Gasteiger partial charge < -0.3 is 5.32 Å². The lowest BCUT2D eigenvalue weighted by Gasteiger charge is -2.35. The molecule has 0 amide bonds. The van der Waals surface area contributed by atoms with Gasteiger partial charge in [-0.05, 0) is 56.2 Å². The van der Waals surface area contributed by atoms with Crippen molar-refractivity contribution in [3.63, 3.8) is 0 Å². The molecular weight excluding hydrogens is 249 g/mol.